The molecule has 5 rings (SSSR count). The van der Waals surface area contributed by atoms with Crippen molar-refractivity contribution in [3.8, 4) is 0 Å². The van der Waals surface area contributed by atoms with Crippen LogP contribution in [0.5, 0.6) is 0 Å². The molecule has 14 heteroatoms. The summed E-state index contributed by atoms with van der Waals surface area (Å²) in [6.07, 6.45) is 21.7. The lowest BCUT2D eigenvalue weighted by molar-refractivity contribution is -2.00. The normalized spacial score (nSPS) is 40.4. The maximum atomic E-state index is 8.49. The summed E-state index contributed by atoms with van der Waals surface area (Å²) in [6.45, 7) is 4.67. The fourth-order valence-electron chi connectivity index (χ4n) is 6.34. The van der Waals surface area contributed by atoms with Gasteiger partial charge < -0.3 is 14.2 Å². The molecule has 0 aromatic heterocycles. The second kappa shape index (κ2) is 14.2. The number of hydrogen-bond acceptors (Lipinski definition) is 10. The molecule has 11 nitrogen and oxygen atoms in total. The van der Waals surface area contributed by atoms with Crippen LogP contribution in [0.4, 0.5) is 0 Å². The Morgan fingerprint density at radius 1 is 0.711 bits per heavy atom. The minimum Gasteiger partial charge on any atom is -0.423 e. The zero-order chi connectivity index (χ0) is 28.1. The molecular weight excluding hydrogens is 567 g/mol. The molecule has 10 unspecified atom stereocenters. The lowest BCUT2D eigenvalue weighted by atomic mass is 9.91. The Kier molecular flexibility index (Phi) is 12.2. The Labute approximate surface area is 231 Å². The molecule has 3 saturated heterocycles. The first-order valence-corrected chi connectivity index (χ1v) is 16.5. The fourth-order valence-corrected chi connectivity index (χ4v) is 8.16. The van der Waals surface area contributed by atoms with Crippen molar-refractivity contribution in [1.82, 2.24) is 0 Å². The largest absolute Gasteiger partial charge is 0.423 e. The molecule has 0 spiro atoms. The van der Waals surface area contributed by atoms with Gasteiger partial charge in [0.25, 0.3) is 0 Å². The van der Waals surface area contributed by atoms with Crippen LogP contribution in [0.3, 0.4) is 0 Å². The highest BCUT2D eigenvalue weighted by molar-refractivity contribution is 7.80. The number of rotatable bonds is 2. The third kappa shape index (κ3) is 10.7. The first kappa shape index (κ1) is 32.5. The molecule has 1 N–H and O–H groups in total. The van der Waals surface area contributed by atoms with Gasteiger partial charge in [-0.2, -0.15) is 0 Å². The minimum atomic E-state index is -4.94. The van der Waals surface area contributed by atoms with E-state index in [4.69, 9.17) is 51.5 Å². The van der Waals surface area contributed by atoms with Crippen molar-refractivity contribution in [2.24, 2.45) is 11.8 Å². The van der Waals surface area contributed by atoms with Gasteiger partial charge in [-0.05, 0) is 74.6 Å². The van der Waals surface area contributed by atoms with Crippen LogP contribution < -0.4 is 37.3 Å². The second-order valence-electron chi connectivity index (χ2n) is 10.3. The molecule has 5 aliphatic rings. The molecule has 0 aliphatic carbocycles. The van der Waals surface area contributed by atoms with Gasteiger partial charge in [-0.25, -0.2) is 37.3 Å². The van der Waals surface area contributed by atoms with E-state index in [1.54, 1.807) is 11.8 Å². The van der Waals surface area contributed by atoms with Crippen molar-refractivity contribution >= 4 is 11.8 Å². The van der Waals surface area contributed by atoms with Crippen molar-refractivity contribution in [2.75, 3.05) is 0 Å². The summed E-state index contributed by atoms with van der Waals surface area (Å²) < 4.78 is 86.4. The topological polar surface area (TPSA) is 216 Å². The van der Waals surface area contributed by atoms with E-state index in [2.05, 4.69) is 38.2 Å². The predicted molar refractivity (Wildman–Crippen MR) is 117 cm³/mol. The van der Waals surface area contributed by atoms with Gasteiger partial charge in [0, 0.05) is 18.8 Å². The Hall–Kier alpha value is -0.0300. The smallest absolute Gasteiger partial charge is 0.180 e. The van der Waals surface area contributed by atoms with Crippen LogP contribution >= 0.6 is 0 Å². The zero-order valence-electron chi connectivity index (χ0n) is 21.5. The zero-order valence-corrected chi connectivity index (χ0v) is 23.9. The van der Waals surface area contributed by atoms with Crippen LogP contribution in [-0.4, -0.2) is 51.9 Å². The maximum absolute atomic E-state index is 8.49. The highest BCUT2D eigenvalue weighted by Crippen LogP contribution is 2.39. The second-order valence-corrected chi connectivity index (χ2v) is 13.4. The molecule has 0 amide bonds. The van der Waals surface area contributed by atoms with Crippen LogP contribution in [0, 0.1) is 32.3 Å². The van der Waals surface area contributed by atoms with Crippen LogP contribution in [0.2, 0.25) is 0 Å². The molecular formula is C24H38Cl2O11S. The van der Waals surface area contributed by atoms with Gasteiger partial charge in [0.15, 0.2) is 12.2 Å². The van der Waals surface area contributed by atoms with E-state index in [1.807, 2.05) is 0 Å². The number of hydrogen-bond donors (Lipinski definition) is 0. The molecule has 3 fully saturated rings. The predicted octanol–water partition coefficient (Wildman–Crippen LogP) is -5.63. The van der Waals surface area contributed by atoms with Crippen molar-refractivity contribution in [3.63, 3.8) is 0 Å². The van der Waals surface area contributed by atoms with Gasteiger partial charge in [-0.15, -0.1) is 20.5 Å². The van der Waals surface area contributed by atoms with Gasteiger partial charge in [-0.3, -0.25) is 0 Å². The number of ether oxygens (including phenoxy) is 3. The Bertz CT molecular complexity index is 714. The van der Waals surface area contributed by atoms with Gasteiger partial charge in [0.05, 0.1) is 30.3 Å². The summed E-state index contributed by atoms with van der Waals surface area (Å²) in [4.78, 5) is 0. The molecule has 38 heavy (non-hydrogen) atoms. The molecule has 220 valence electrons. The monoisotopic (exact) mass is 604 g/mol. The molecule has 0 radical (unpaired) electrons. The van der Waals surface area contributed by atoms with E-state index in [9.17, 15) is 0 Å². The van der Waals surface area contributed by atoms with Gasteiger partial charge in [0.1, 0.15) is 10.5 Å². The van der Waals surface area contributed by atoms with Crippen LogP contribution in [0.15, 0.2) is 24.3 Å². The van der Waals surface area contributed by atoms with Crippen LogP contribution in [0.1, 0.15) is 65.2 Å². The summed E-state index contributed by atoms with van der Waals surface area (Å²) in [5.41, 5.74) is 0. The lowest BCUT2D eigenvalue weighted by Gasteiger charge is -2.27. The van der Waals surface area contributed by atoms with Crippen molar-refractivity contribution in [3.05, 3.63) is 24.3 Å². The van der Waals surface area contributed by atoms with E-state index in [-0.39, 0.29) is 0 Å². The minimum absolute atomic E-state index is 0.348. The van der Waals surface area contributed by atoms with Gasteiger partial charge in [-0.1, -0.05) is 13.8 Å². The molecule has 5 heterocycles. The third-order valence-electron chi connectivity index (χ3n) is 7.85. The first-order chi connectivity index (χ1) is 17.7. The summed E-state index contributed by atoms with van der Waals surface area (Å²) in [5, 5.41) is 1.35. The standard InChI is InChI=1S/C24H36O3S.2ClHO4/c1-3-19-21-9-5-15(25-21)13-16-6-11-23(26-16)20(4-2)24-12-8-18(28-24)14-17-7-10-22(19)27-17;2*2-1(3,4)5/h5,8-9,12,15-24H,3-4,6-7,10-11,13-14H2,1-2H3;2*(H,2,3,4,5). The molecule has 0 aromatic carbocycles. The first-order valence-electron chi connectivity index (χ1n) is 13.0. The summed E-state index contributed by atoms with van der Waals surface area (Å²) in [7, 11) is -9.89. The summed E-state index contributed by atoms with van der Waals surface area (Å²) >= 11 is 1.60. The Morgan fingerprint density at radius 2 is 1.24 bits per heavy atom. The quantitative estimate of drug-likeness (QED) is 0.165. The Balaban J connectivity index is 0.000000344. The lowest BCUT2D eigenvalue weighted by Crippen LogP contribution is -2.68. The average Bonchev–Trinajstić information content (AvgIpc) is 3.57. The highest BCUT2D eigenvalue weighted by atomic mass is 35.7. The highest BCUT2D eigenvalue weighted by Gasteiger charge is 2.46. The van der Waals surface area contributed by atoms with E-state index in [1.165, 1.54) is 38.5 Å². The maximum Gasteiger partial charge on any atom is 0.180 e. The average molecular weight is 606 g/mol. The molecule has 0 aromatic rings. The van der Waals surface area contributed by atoms with E-state index < -0.39 is 20.5 Å². The van der Waals surface area contributed by atoms with Crippen molar-refractivity contribution in [1.29, 1.82) is 0 Å². The number of fused-ring (bicyclic) bond motifs is 8. The van der Waals surface area contributed by atoms with Crippen molar-refractivity contribution < 1.29 is 72.0 Å². The summed E-state index contributed by atoms with van der Waals surface area (Å²) in [6, 6.07) is 0. The SMILES string of the molecule is CCC1C2CCC(CC3C=CC([SH+]3)C(CC)C3CCC(CC4C=CC1[OH+]4)O3)O2.[O-][Cl+3]([O-])([O-])[O-].[O-][Cl+3]([O-])([O-])[O-]. The number of aliphatic hydroxyl groups is 2. The third-order valence-corrected chi connectivity index (χ3v) is 9.52. The molecule has 0 saturated carbocycles. The number of halogens is 2. The van der Waals surface area contributed by atoms with Gasteiger partial charge >= 0.3 is 0 Å². The van der Waals surface area contributed by atoms with Gasteiger partial charge in [0.2, 0.25) is 0 Å². The fraction of sp³-hybridized carbons (Fsp3) is 0.833. The molecule has 5 aliphatic heterocycles. The van der Waals surface area contributed by atoms with Crippen LogP contribution in [0.25, 0.3) is 0 Å². The number of thiol groups is 1. The van der Waals surface area contributed by atoms with Crippen LogP contribution in [-0.2, 0) is 21.2 Å². The molecule has 8 bridgehead atoms. The molecule has 10 atom stereocenters. The van der Waals surface area contributed by atoms with E-state index in [0.717, 1.165) is 12.8 Å². The Morgan fingerprint density at radius 3 is 1.79 bits per heavy atom. The summed E-state index contributed by atoms with van der Waals surface area (Å²) in [5.74, 6) is 1.22. The van der Waals surface area contributed by atoms with Crippen molar-refractivity contribution in [2.45, 2.75) is 112 Å². The van der Waals surface area contributed by atoms with E-state index >= 15 is 0 Å². The van der Waals surface area contributed by atoms with E-state index in [0.29, 0.717) is 59.0 Å².